The molecule has 0 heterocycles. The van der Waals surface area contributed by atoms with E-state index in [1.807, 2.05) is 0 Å². The maximum absolute atomic E-state index is 8.83. The van der Waals surface area contributed by atoms with Gasteiger partial charge >= 0.3 is 0 Å². The van der Waals surface area contributed by atoms with Gasteiger partial charge in [-0.25, -0.2) is 0 Å². The van der Waals surface area contributed by atoms with Crippen molar-refractivity contribution in [2.24, 2.45) is 17.2 Å². The molecule has 0 saturated carbocycles. The quantitative estimate of drug-likeness (QED) is 0.412. The third-order valence-electron chi connectivity index (χ3n) is 1.52. The molecule has 0 aromatic heterocycles. The van der Waals surface area contributed by atoms with Crippen LogP contribution in [0.2, 0.25) is 0 Å². The lowest BCUT2D eigenvalue weighted by molar-refractivity contribution is 0.155. The van der Waals surface area contributed by atoms with Gasteiger partial charge in [-0.2, -0.15) is 0 Å². The van der Waals surface area contributed by atoms with E-state index in [4.69, 9.17) is 25.8 Å². The van der Waals surface area contributed by atoms with E-state index in [1.54, 1.807) is 0 Å². The molecule has 0 aromatic carbocycles. The van der Waals surface area contributed by atoms with Crippen LogP contribution in [0.4, 0.5) is 0 Å². The Kier molecular flexibility index (Phi) is 8.01. The molecule has 6 heteroatoms. The molecular weight excluding hydrogens is 179 g/mol. The zero-order chi connectivity index (χ0) is 9.40. The average molecular weight is 196 g/mol. The van der Waals surface area contributed by atoms with Crippen LogP contribution in [-0.2, 0) is 4.52 Å². The summed E-state index contributed by atoms with van der Waals surface area (Å²) < 4.78 is 4.79. The molecule has 2 atom stereocenters. The molecular formula is C6H17N2O3P. The summed E-state index contributed by atoms with van der Waals surface area (Å²) >= 11 is 0. The van der Waals surface area contributed by atoms with Crippen molar-refractivity contribution in [1.82, 2.24) is 0 Å². The van der Waals surface area contributed by atoms with Gasteiger partial charge in [0.25, 0.3) is 0 Å². The fraction of sp³-hybridized carbons (Fsp3) is 1.00. The molecule has 0 saturated heterocycles. The Bertz CT molecular complexity index is 105. The second kappa shape index (κ2) is 7.86. The van der Waals surface area contributed by atoms with Gasteiger partial charge in [-0.05, 0) is 19.4 Å². The standard InChI is InChI=1S/C6H17N2O3P/c7-3-1-2-6(4-9)5-11-12(8)10/h6,9-10H,1-5,7-8H2. The van der Waals surface area contributed by atoms with E-state index in [0.29, 0.717) is 13.2 Å². The van der Waals surface area contributed by atoms with Gasteiger partial charge < -0.3 is 20.3 Å². The van der Waals surface area contributed by atoms with Gasteiger partial charge in [0.1, 0.15) is 0 Å². The predicted octanol–water partition coefficient (Wildman–Crippen LogP) is -0.472. The van der Waals surface area contributed by atoms with Crippen molar-refractivity contribution in [3.05, 3.63) is 0 Å². The van der Waals surface area contributed by atoms with Crippen LogP contribution in [-0.4, -0.2) is 29.8 Å². The van der Waals surface area contributed by atoms with E-state index in [0.717, 1.165) is 12.8 Å². The zero-order valence-electron chi connectivity index (χ0n) is 7.02. The van der Waals surface area contributed by atoms with Crippen molar-refractivity contribution in [2.75, 3.05) is 19.8 Å². The van der Waals surface area contributed by atoms with Crippen molar-refractivity contribution in [3.8, 4) is 0 Å². The van der Waals surface area contributed by atoms with Crippen LogP contribution in [0.5, 0.6) is 0 Å². The summed E-state index contributed by atoms with van der Waals surface area (Å²) in [5.74, 6) is 0.0363. The molecule has 0 spiro atoms. The average Bonchev–Trinajstić information content (AvgIpc) is 2.05. The minimum atomic E-state index is -1.80. The molecule has 2 unspecified atom stereocenters. The van der Waals surface area contributed by atoms with Crippen LogP contribution < -0.4 is 11.2 Å². The van der Waals surface area contributed by atoms with Crippen LogP contribution in [0, 0.1) is 5.92 Å². The van der Waals surface area contributed by atoms with E-state index in [-0.39, 0.29) is 12.5 Å². The number of hydrogen-bond acceptors (Lipinski definition) is 5. The van der Waals surface area contributed by atoms with Crippen molar-refractivity contribution in [2.45, 2.75) is 12.8 Å². The highest BCUT2D eigenvalue weighted by atomic mass is 31.2. The van der Waals surface area contributed by atoms with E-state index < -0.39 is 8.53 Å². The predicted molar refractivity (Wildman–Crippen MR) is 48.1 cm³/mol. The summed E-state index contributed by atoms with van der Waals surface area (Å²) in [6.45, 7) is 0.950. The van der Waals surface area contributed by atoms with Crippen molar-refractivity contribution >= 4 is 8.53 Å². The molecule has 74 valence electrons. The number of aliphatic hydroxyl groups excluding tert-OH is 1. The highest BCUT2D eigenvalue weighted by molar-refractivity contribution is 7.43. The van der Waals surface area contributed by atoms with E-state index in [9.17, 15) is 0 Å². The highest BCUT2D eigenvalue weighted by Gasteiger charge is 2.08. The minimum Gasteiger partial charge on any atom is -0.396 e. The zero-order valence-corrected chi connectivity index (χ0v) is 7.91. The molecule has 0 amide bonds. The van der Waals surface area contributed by atoms with Crippen LogP contribution in [0.15, 0.2) is 0 Å². The second-order valence-corrected chi connectivity index (χ2v) is 3.44. The fourth-order valence-electron chi connectivity index (χ4n) is 0.816. The second-order valence-electron chi connectivity index (χ2n) is 2.58. The first kappa shape index (κ1) is 12.2. The Morgan fingerprint density at radius 3 is 2.58 bits per heavy atom. The maximum atomic E-state index is 8.83. The lowest BCUT2D eigenvalue weighted by Crippen LogP contribution is -2.15. The third-order valence-corrected chi connectivity index (χ3v) is 1.93. The monoisotopic (exact) mass is 196 g/mol. The fourth-order valence-corrected chi connectivity index (χ4v) is 1.18. The molecule has 0 aliphatic rings. The normalized spacial score (nSPS) is 16.0. The number of nitrogens with two attached hydrogens (primary N) is 2. The van der Waals surface area contributed by atoms with Crippen molar-refractivity contribution in [1.29, 1.82) is 0 Å². The topological polar surface area (TPSA) is 102 Å². The molecule has 0 fully saturated rings. The van der Waals surface area contributed by atoms with E-state index >= 15 is 0 Å². The van der Waals surface area contributed by atoms with Crippen LogP contribution in [0.1, 0.15) is 12.8 Å². The summed E-state index contributed by atoms with van der Waals surface area (Å²) in [7, 11) is -1.80. The van der Waals surface area contributed by atoms with E-state index in [2.05, 4.69) is 0 Å². The minimum absolute atomic E-state index is 0.0363. The molecule has 0 aliphatic heterocycles. The number of aliphatic hydroxyl groups is 1. The van der Waals surface area contributed by atoms with Gasteiger partial charge in [0.05, 0.1) is 6.61 Å². The van der Waals surface area contributed by atoms with Gasteiger partial charge in [0.15, 0.2) is 0 Å². The first-order valence-corrected chi connectivity index (χ1v) is 5.16. The largest absolute Gasteiger partial charge is 0.396 e. The Labute approximate surface area is 73.7 Å². The Morgan fingerprint density at radius 2 is 2.17 bits per heavy atom. The molecule has 0 bridgehead atoms. The highest BCUT2D eigenvalue weighted by Crippen LogP contribution is 2.21. The van der Waals surface area contributed by atoms with Gasteiger partial charge in [0, 0.05) is 12.5 Å². The number of rotatable bonds is 7. The summed E-state index contributed by atoms with van der Waals surface area (Å²) in [6, 6.07) is 0. The molecule has 0 aromatic rings. The van der Waals surface area contributed by atoms with Gasteiger partial charge in [-0.1, -0.05) is 0 Å². The summed E-state index contributed by atoms with van der Waals surface area (Å²) in [5.41, 5.74) is 10.3. The SMILES string of the molecule is NCCCC(CO)COP(N)O. The van der Waals surface area contributed by atoms with Crippen LogP contribution in [0.25, 0.3) is 0 Å². The smallest absolute Gasteiger partial charge is 0.250 e. The maximum Gasteiger partial charge on any atom is 0.250 e. The van der Waals surface area contributed by atoms with Crippen molar-refractivity contribution < 1.29 is 14.5 Å². The first-order valence-electron chi connectivity index (χ1n) is 3.88. The van der Waals surface area contributed by atoms with E-state index in [1.165, 1.54) is 0 Å². The third kappa shape index (κ3) is 6.91. The number of hydrogen-bond donors (Lipinski definition) is 4. The lowest BCUT2D eigenvalue weighted by Gasteiger charge is -2.13. The summed E-state index contributed by atoms with van der Waals surface area (Å²) in [4.78, 5) is 8.64. The summed E-state index contributed by atoms with van der Waals surface area (Å²) in [5, 5.41) is 8.83. The Morgan fingerprint density at radius 1 is 1.50 bits per heavy atom. The van der Waals surface area contributed by atoms with Gasteiger partial charge in [0.2, 0.25) is 8.53 Å². The molecule has 12 heavy (non-hydrogen) atoms. The molecule has 6 N–H and O–H groups in total. The Hall–Kier alpha value is 0.230. The van der Waals surface area contributed by atoms with Gasteiger partial charge in [-0.15, -0.1) is 0 Å². The molecule has 0 rings (SSSR count). The first-order chi connectivity index (χ1) is 5.70. The Balaban J connectivity index is 3.39. The molecule has 0 aliphatic carbocycles. The van der Waals surface area contributed by atoms with Crippen molar-refractivity contribution in [3.63, 3.8) is 0 Å². The summed E-state index contributed by atoms with van der Waals surface area (Å²) in [6.07, 6.45) is 1.65. The lowest BCUT2D eigenvalue weighted by atomic mass is 10.1. The molecule has 5 nitrogen and oxygen atoms in total. The molecule has 0 radical (unpaired) electrons. The van der Waals surface area contributed by atoms with Crippen LogP contribution in [0.3, 0.4) is 0 Å². The van der Waals surface area contributed by atoms with Crippen LogP contribution >= 0.6 is 8.53 Å². The van der Waals surface area contributed by atoms with Gasteiger partial charge in [-0.3, -0.25) is 5.50 Å².